The maximum atomic E-state index is 5.71. The lowest BCUT2D eigenvalue weighted by Crippen LogP contribution is -1.95. The number of benzene rings is 1. The third-order valence-corrected chi connectivity index (χ3v) is 2.40. The minimum absolute atomic E-state index is 0.462. The van der Waals surface area contributed by atoms with Crippen LogP contribution in [0.3, 0.4) is 0 Å². The zero-order valence-corrected chi connectivity index (χ0v) is 7.81. The maximum Gasteiger partial charge on any atom is 0.120 e. The molecule has 0 spiro atoms. The molecule has 1 aromatic carbocycles. The Morgan fingerprint density at radius 3 is 3.00 bits per heavy atom. The molecule has 0 N–H and O–H groups in total. The summed E-state index contributed by atoms with van der Waals surface area (Å²) in [7, 11) is 0. The summed E-state index contributed by atoms with van der Waals surface area (Å²) in [6.45, 7) is 0. The molecule has 3 rings (SSSR count). The number of nitrogens with zero attached hydrogens (tertiary/aromatic N) is 1. The molecule has 2 aromatic rings. The van der Waals surface area contributed by atoms with Gasteiger partial charge in [-0.25, -0.2) is 0 Å². The number of pyridine rings is 1. The Bertz CT molecular complexity index is 463. The second-order valence-electron chi connectivity index (χ2n) is 3.68. The van der Waals surface area contributed by atoms with Gasteiger partial charge in [0.1, 0.15) is 5.75 Å². The van der Waals surface area contributed by atoms with Crippen molar-refractivity contribution in [3.8, 4) is 5.75 Å². The molecule has 1 aromatic heterocycles. The van der Waals surface area contributed by atoms with E-state index < -0.39 is 0 Å². The van der Waals surface area contributed by atoms with E-state index in [0.29, 0.717) is 6.10 Å². The smallest absolute Gasteiger partial charge is 0.120 e. The number of ether oxygens (including phenoxy) is 1. The Balaban J connectivity index is 2.01. The molecule has 1 heterocycles. The molecule has 1 saturated carbocycles. The van der Waals surface area contributed by atoms with Crippen LogP contribution < -0.4 is 4.74 Å². The third-order valence-electron chi connectivity index (χ3n) is 2.40. The van der Waals surface area contributed by atoms with Gasteiger partial charge in [-0.05, 0) is 37.1 Å². The second-order valence-corrected chi connectivity index (χ2v) is 3.68. The fourth-order valence-electron chi connectivity index (χ4n) is 1.51. The summed E-state index contributed by atoms with van der Waals surface area (Å²) in [5, 5.41) is 1.14. The number of hydrogen-bond donors (Lipinski definition) is 0. The van der Waals surface area contributed by atoms with Gasteiger partial charge < -0.3 is 4.74 Å². The van der Waals surface area contributed by atoms with Crippen molar-refractivity contribution in [3.05, 3.63) is 36.5 Å². The lowest BCUT2D eigenvalue weighted by atomic mass is 10.2. The van der Waals surface area contributed by atoms with Crippen molar-refractivity contribution in [2.75, 3.05) is 0 Å². The summed E-state index contributed by atoms with van der Waals surface area (Å²) in [6.07, 6.45) is 4.67. The number of rotatable bonds is 2. The normalized spacial score (nSPS) is 15.7. The summed E-state index contributed by atoms with van der Waals surface area (Å²) < 4.78 is 5.71. The van der Waals surface area contributed by atoms with Crippen LogP contribution in [0.2, 0.25) is 0 Å². The van der Waals surface area contributed by atoms with Gasteiger partial charge in [-0.3, -0.25) is 4.98 Å². The van der Waals surface area contributed by atoms with E-state index in [9.17, 15) is 0 Å². The SMILES string of the molecule is c1cnc2ccc(OC3CC3)cc2c1. The molecule has 0 radical (unpaired) electrons. The van der Waals surface area contributed by atoms with Crippen LogP contribution in [-0.4, -0.2) is 11.1 Å². The molecule has 0 unspecified atom stereocenters. The zero-order valence-electron chi connectivity index (χ0n) is 7.81. The van der Waals surface area contributed by atoms with Crippen molar-refractivity contribution in [1.82, 2.24) is 4.98 Å². The molecule has 0 atom stereocenters. The first-order chi connectivity index (χ1) is 6.92. The molecule has 0 aliphatic heterocycles. The fraction of sp³-hybridized carbons (Fsp3) is 0.250. The number of hydrogen-bond acceptors (Lipinski definition) is 2. The molecule has 1 fully saturated rings. The van der Waals surface area contributed by atoms with Crippen LogP contribution >= 0.6 is 0 Å². The lowest BCUT2D eigenvalue weighted by Gasteiger charge is -2.04. The van der Waals surface area contributed by atoms with Crippen LogP contribution in [-0.2, 0) is 0 Å². The molecular formula is C12H11NO. The summed E-state index contributed by atoms with van der Waals surface area (Å²) in [4.78, 5) is 4.26. The lowest BCUT2D eigenvalue weighted by molar-refractivity contribution is 0.303. The van der Waals surface area contributed by atoms with Gasteiger partial charge in [0, 0.05) is 11.6 Å². The van der Waals surface area contributed by atoms with E-state index in [2.05, 4.69) is 17.1 Å². The van der Waals surface area contributed by atoms with Crippen LogP contribution in [0.1, 0.15) is 12.8 Å². The van der Waals surface area contributed by atoms with Crippen molar-refractivity contribution >= 4 is 10.9 Å². The van der Waals surface area contributed by atoms with Crippen molar-refractivity contribution in [2.45, 2.75) is 18.9 Å². The molecule has 14 heavy (non-hydrogen) atoms. The van der Waals surface area contributed by atoms with Crippen LogP contribution in [0.15, 0.2) is 36.5 Å². The molecule has 0 saturated heterocycles. The number of fused-ring (bicyclic) bond motifs is 1. The molecule has 0 amide bonds. The van der Waals surface area contributed by atoms with E-state index in [-0.39, 0.29) is 0 Å². The van der Waals surface area contributed by atoms with E-state index in [1.165, 1.54) is 12.8 Å². The van der Waals surface area contributed by atoms with Gasteiger partial charge in [-0.1, -0.05) is 6.07 Å². The average Bonchev–Trinajstić information content (AvgIpc) is 3.02. The Hall–Kier alpha value is -1.57. The van der Waals surface area contributed by atoms with E-state index in [1.807, 2.05) is 24.4 Å². The van der Waals surface area contributed by atoms with Crippen molar-refractivity contribution in [3.63, 3.8) is 0 Å². The third kappa shape index (κ3) is 1.43. The molecular weight excluding hydrogens is 174 g/mol. The standard InChI is InChI=1S/C12H11NO/c1-2-9-8-11(14-10-3-4-10)5-6-12(9)13-7-1/h1-2,5-8,10H,3-4H2. The Labute approximate surface area is 82.5 Å². The maximum absolute atomic E-state index is 5.71. The highest BCUT2D eigenvalue weighted by atomic mass is 16.5. The van der Waals surface area contributed by atoms with Gasteiger partial charge in [0.2, 0.25) is 0 Å². The van der Waals surface area contributed by atoms with Crippen LogP contribution in [0, 0.1) is 0 Å². The van der Waals surface area contributed by atoms with Crippen molar-refractivity contribution < 1.29 is 4.74 Å². The topological polar surface area (TPSA) is 22.1 Å². The Kier molecular flexibility index (Phi) is 1.66. The Morgan fingerprint density at radius 2 is 2.14 bits per heavy atom. The highest BCUT2D eigenvalue weighted by molar-refractivity contribution is 5.79. The van der Waals surface area contributed by atoms with E-state index >= 15 is 0 Å². The summed E-state index contributed by atoms with van der Waals surface area (Å²) >= 11 is 0. The first-order valence-electron chi connectivity index (χ1n) is 4.93. The van der Waals surface area contributed by atoms with Crippen molar-refractivity contribution in [1.29, 1.82) is 0 Å². The predicted molar refractivity (Wildman–Crippen MR) is 55.4 cm³/mol. The van der Waals surface area contributed by atoms with Gasteiger partial charge in [0.05, 0.1) is 11.6 Å². The predicted octanol–water partition coefficient (Wildman–Crippen LogP) is 2.78. The molecule has 70 valence electrons. The molecule has 2 nitrogen and oxygen atoms in total. The highest BCUT2D eigenvalue weighted by Crippen LogP contribution is 2.28. The average molecular weight is 185 g/mol. The monoisotopic (exact) mass is 185 g/mol. The first kappa shape index (κ1) is 7.80. The van der Waals surface area contributed by atoms with Gasteiger partial charge in [-0.2, -0.15) is 0 Å². The van der Waals surface area contributed by atoms with Gasteiger partial charge in [0.25, 0.3) is 0 Å². The van der Waals surface area contributed by atoms with Gasteiger partial charge in [-0.15, -0.1) is 0 Å². The van der Waals surface area contributed by atoms with E-state index in [4.69, 9.17) is 4.74 Å². The van der Waals surface area contributed by atoms with E-state index in [1.54, 1.807) is 0 Å². The summed E-state index contributed by atoms with van der Waals surface area (Å²) in [6, 6.07) is 10.1. The van der Waals surface area contributed by atoms with Crippen LogP contribution in [0.5, 0.6) is 5.75 Å². The molecule has 1 aliphatic carbocycles. The quantitative estimate of drug-likeness (QED) is 0.717. The summed E-state index contributed by atoms with van der Waals surface area (Å²) in [5.41, 5.74) is 1.02. The molecule has 0 bridgehead atoms. The zero-order chi connectivity index (χ0) is 9.38. The highest BCUT2D eigenvalue weighted by Gasteiger charge is 2.23. The van der Waals surface area contributed by atoms with Gasteiger partial charge in [0.15, 0.2) is 0 Å². The van der Waals surface area contributed by atoms with Crippen molar-refractivity contribution in [2.24, 2.45) is 0 Å². The largest absolute Gasteiger partial charge is 0.490 e. The summed E-state index contributed by atoms with van der Waals surface area (Å²) in [5.74, 6) is 0.966. The van der Waals surface area contributed by atoms with Gasteiger partial charge >= 0.3 is 0 Å². The fourth-order valence-corrected chi connectivity index (χ4v) is 1.51. The molecule has 1 aliphatic rings. The minimum Gasteiger partial charge on any atom is -0.490 e. The van der Waals surface area contributed by atoms with Crippen LogP contribution in [0.25, 0.3) is 10.9 Å². The second kappa shape index (κ2) is 2.98. The minimum atomic E-state index is 0.462. The molecule has 2 heteroatoms. The Morgan fingerprint density at radius 1 is 1.21 bits per heavy atom. The first-order valence-corrected chi connectivity index (χ1v) is 4.93. The number of aromatic nitrogens is 1. The van der Waals surface area contributed by atoms with E-state index in [0.717, 1.165) is 16.7 Å². The van der Waals surface area contributed by atoms with Crippen LogP contribution in [0.4, 0.5) is 0 Å².